The van der Waals surface area contributed by atoms with Gasteiger partial charge in [-0.25, -0.2) is 4.98 Å². The van der Waals surface area contributed by atoms with Crippen LogP contribution < -0.4 is 4.90 Å². The van der Waals surface area contributed by atoms with Crippen molar-refractivity contribution in [2.75, 3.05) is 38.1 Å². The second-order valence-electron chi connectivity index (χ2n) is 8.88. The molecule has 0 bridgehead atoms. The first-order valence-electron chi connectivity index (χ1n) is 11.4. The van der Waals surface area contributed by atoms with Crippen molar-refractivity contribution < 1.29 is 9.84 Å². The zero-order chi connectivity index (χ0) is 21.2. The van der Waals surface area contributed by atoms with Gasteiger partial charge in [-0.05, 0) is 62.6 Å². The summed E-state index contributed by atoms with van der Waals surface area (Å²) in [6.07, 6.45) is 3.86. The van der Waals surface area contributed by atoms with E-state index in [0.717, 1.165) is 67.1 Å². The van der Waals surface area contributed by atoms with Crippen LogP contribution in [-0.2, 0) is 4.74 Å². The zero-order valence-electron chi connectivity index (χ0n) is 18.1. The first-order chi connectivity index (χ1) is 15.2. The summed E-state index contributed by atoms with van der Waals surface area (Å²) in [5.41, 5.74) is 3.35. The van der Waals surface area contributed by atoms with Gasteiger partial charge in [0.25, 0.3) is 0 Å². The fourth-order valence-electron chi connectivity index (χ4n) is 4.67. The van der Waals surface area contributed by atoms with Crippen LogP contribution in [0, 0.1) is 0 Å². The first kappa shape index (κ1) is 20.9. The molecule has 0 spiro atoms. The quantitative estimate of drug-likeness (QED) is 0.639. The van der Waals surface area contributed by atoms with E-state index in [-0.39, 0.29) is 18.3 Å². The Kier molecular flexibility index (Phi) is 6.23. The zero-order valence-corrected chi connectivity index (χ0v) is 18.9. The van der Waals surface area contributed by atoms with E-state index in [2.05, 4.69) is 59.3 Å². The topological polar surface area (TPSA) is 48.8 Å². The molecule has 2 aromatic carbocycles. The summed E-state index contributed by atoms with van der Waals surface area (Å²) in [7, 11) is 2.18. The van der Waals surface area contributed by atoms with Gasteiger partial charge in [0.2, 0.25) is 0 Å². The van der Waals surface area contributed by atoms with E-state index >= 15 is 0 Å². The molecule has 1 aromatic heterocycles. The predicted octanol–water partition coefficient (Wildman–Crippen LogP) is 4.46. The molecule has 0 radical (unpaired) electrons. The van der Waals surface area contributed by atoms with Gasteiger partial charge in [0.05, 0.1) is 22.4 Å². The number of thiazole rings is 1. The van der Waals surface area contributed by atoms with Crippen molar-refractivity contribution in [2.45, 2.75) is 44.0 Å². The molecule has 0 saturated carbocycles. The van der Waals surface area contributed by atoms with Gasteiger partial charge in [0.1, 0.15) is 11.1 Å². The number of ether oxygens (including phenoxy) is 1. The Bertz CT molecular complexity index is 982. The van der Waals surface area contributed by atoms with E-state index in [1.54, 1.807) is 11.3 Å². The Morgan fingerprint density at radius 1 is 1.06 bits per heavy atom. The molecule has 2 aliphatic rings. The van der Waals surface area contributed by atoms with Gasteiger partial charge in [0, 0.05) is 31.9 Å². The number of benzene rings is 2. The number of aliphatic hydroxyl groups is 1. The minimum atomic E-state index is -0.243. The van der Waals surface area contributed by atoms with E-state index in [9.17, 15) is 5.11 Å². The molecular formula is C25H31N3O2S. The average Bonchev–Trinajstić information content (AvgIpc) is 3.23. The van der Waals surface area contributed by atoms with Crippen LogP contribution in [0.4, 0.5) is 5.69 Å². The number of anilines is 1. The number of fused-ring (bicyclic) bond motifs is 1. The van der Waals surface area contributed by atoms with Crippen molar-refractivity contribution in [3.8, 4) is 0 Å². The second kappa shape index (κ2) is 9.25. The maximum atomic E-state index is 10.1. The normalized spacial score (nSPS) is 22.1. The molecule has 164 valence electrons. The number of aromatic nitrogens is 1. The number of rotatable bonds is 5. The Morgan fingerprint density at radius 2 is 1.90 bits per heavy atom. The van der Waals surface area contributed by atoms with Crippen LogP contribution in [0.3, 0.4) is 0 Å². The first-order valence-corrected chi connectivity index (χ1v) is 12.2. The van der Waals surface area contributed by atoms with Crippen LogP contribution in [0.25, 0.3) is 10.2 Å². The fourth-order valence-corrected chi connectivity index (χ4v) is 5.70. The molecule has 2 fully saturated rings. The summed E-state index contributed by atoms with van der Waals surface area (Å²) in [6, 6.07) is 17.0. The Morgan fingerprint density at radius 3 is 2.71 bits per heavy atom. The van der Waals surface area contributed by atoms with Gasteiger partial charge in [-0.1, -0.05) is 24.3 Å². The standard InChI is InChI=1S/C25H31N3O2S/c1-27-14-11-21(12-15-27)30-24(25-26-22-9-2-3-10-23(22)31-25)18-6-4-7-19(16-18)28-13-5-8-20(29)17-28/h2-4,6-7,9-10,16,20-21,24,29H,5,8,11-15,17H2,1H3. The van der Waals surface area contributed by atoms with Crippen molar-refractivity contribution in [2.24, 2.45) is 0 Å². The molecule has 31 heavy (non-hydrogen) atoms. The van der Waals surface area contributed by atoms with Crippen LogP contribution in [-0.4, -0.2) is 60.4 Å². The van der Waals surface area contributed by atoms with E-state index in [1.165, 1.54) is 4.70 Å². The van der Waals surface area contributed by atoms with Crippen molar-refractivity contribution in [3.63, 3.8) is 0 Å². The lowest BCUT2D eigenvalue weighted by molar-refractivity contribution is -0.0234. The third kappa shape index (κ3) is 4.77. The number of likely N-dealkylation sites (tertiary alicyclic amines) is 1. The fraction of sp³-hybridized carbons (Fsp3) is 0.480. The minimum absolute atomic E-state index is 0.166. The minimum Gasteiger partial charge on any atom is -0.391 e. The lowest BCUT2D eigenvalue weighted by Gasteiger charge is -2.33. The molecule has 6 heteroatoms. The van der Waals surface area contributed by atoms with E-state index in [1.807, 2.05) is 6.07 Å². The van der Waals surface area contributed by atoms with Crippen molar-refractivity contribution in [1.29, 1.82) is 0 Å². The molecule has 3 aromatic rings. The Balaban J connectivity index is 1.47. The van der Waals surface area contributed by atoms with Crippen LogP contribution in [0.1, 0.15) is 42.4 Å². The number of para-hydroxylation sites is 1. The van der Waals surface area contributed by atoms with E-state index in [0.29, 0.717) is 6.54 Å². The predicted molar refractivity (Wildman–Crippen MR) is 127 cm³/mol. The molecule has 2 saturated heterocycles. The molecule has 0 aliphatic carbocycles. The van der Waals surface area contributed by atoms with Gasteiger partial charge >= 0.3 is 0 Å². The van der Waals surface area contributed by atoms with Crippen molar-refractivity contribution >= 4 is 27.2 Å². The van der Waals surface area contributed by atoms with Crippen LogP contribution >= 0.6 is 11.3 Å². The molecule has 1 N–H and O–H groups in total. The molecule has 2 atom stereocenters. The van der Waals surface area contributed by atoms with Gasteiger partial charge in [0.15, 0.2) is 0 Å². The van der Waals surface area contributed by atoms with Crippen LogP contribution in [0.15, 0.2) is 48.5 Å². The summed E-state index contributed by atoms with van der Waals surface area (Å²) in [6.45, 7) is 3.83. The maximum absolute atomic E-state index is 10.1. The molecule has 5 nitrogen and oxygen atoms in total. The third-order valence-electron chi connectivity index (χ3n) is 6.46. The van der Waals surface area contributed by atoms with Gasteiger partial charge < -0.3 is 19.6 Å². The summed E-state index contributed by atoms with van der Waals surface area (Å²) in [4.78, 5) is 9.62. The lowest BCUT2D eigenvalue weighted by Crippen LogP contribution is -2.38. The number of β-amino-alcohol motifs (C(OH)–C–C–N with tert-alkyl or cyclic N) is 1. The highest BCUT2D eigenvalue weighted by atomic mass is 32.1. The molecular weight excluding hydrogens is 406 g/mol. The molecule has 2 aliphatic heterocycles. The van der Waals surface area contributed by atoms with E-state index in [4.69, 9.17) is 9.72 Å². The second-order valence-corrected chi connectivity index (χ2v) is 9.94. The maximum Gasteiger partial charge on any atom is 0.134 e. The average molecular weight is 438 g/mol. The number of nitrogens with zero attached hydrogens (tertiary/aromatic N) is 3. The SMILES string of the molecule is CN1CCC(OC(c2cccc(N3CCCC(O)C3)c2)c2nc3ccccc3s2)CC1. The summed E-state index contributed by atoms with van der Waals surface area (Å²) in [5.74, 6) is 0. The van der Waals surface area contributed by atoms with Crippen molar-refractivity contribution in [1.82, 2.24) is 9.88 Å². The number of piperidine rings is 2. The third-order valence-corrected chi connectivity index (χ3v) is 7.54. The smallest absolute Gasteiger partial charge is 0.134 e. The number of hydrogen-bond donors (Lipinski definition) is 1. The Hall–Kier alpha value is -1.99. The number of aliphatic hydroxyl groups excluding tert-OH is 1. The summed E-state index contributed by atoms with van der Waals surface area (Å²) >= 11 is 1.73. The highest BCUT2D eigenvalue weighted by Gasteiger charge is 2.27. The molecule has 3 heterocycles. The van der Waals surface area contributed by atoms with Gasteiger partial charge in [-0.2, -0.15) is 0 Å². The summed E-state index contributed by atoms with van der Waals surface area (Å²) < 4.78 is 7.96. The summed E-state index contributed by atoms with van der Waals surface area (Å²) in [5, 5.41) is 11.2. The lowest BCUT2D eigenvalue weighted by atomic mass is 10.0. The van der Waals surface area contributed by atoms with Crippen LogP contribution in [0.5, 0.6) is 0 Å². The van der Waals surface area contributed by atoms with E-state index < -0.39 is 0 Å². The van der Waals surface area contributed by atoms with Crippen LogP contribution in [0.2, 0.25) is 0 Å². The van der Waals surface area contributed by atoms with Crippen molar-refractivity contribution in [3.05, 3.63) is 59.1 Å². The Labute approximate surface area is 188 Å². The molecule has 0 amide bonds. The molecule has 5 rings (SSSR count). The molecule has 2 unspecified atom stereocenters. The monoisotopic (exact) mass is 437 g/mol. The van der Waals surface area contributed by atoms with Gasteiger partial charge in [-0.15, -0.1) is 11.3 Å². The highest BCUT2D eigenvalue weighted by molar-refractivity contribution is 7.18. The van der Waals surface area contributed by atoms with Gasteiger partial charge in [-0.3, -0.25) is 0 Å². The largest absolute Gasteiger partial charge is 0.391 e. The highest BCUT2D eigenvalue weighted by Crippen LogP contribution is 2.36. The number of hydrogen-bond acceptors (Lipinski definition) is 6.